The van der Waals surface area contributed by atoms with Crippen LogP contribution in [0, 0.1) is 0 Å². The number of aliphatic hydroxyl groups is 1. The van der Waals surface area contributed by atoms with Gasteiger partial charge < -0.3 is 30.2 Å². The van der Waals surface area contributed by atoms with E-state index in [0.29, 0.717) is 48.5 Å². The molecular formula is C23H29N3O5S. The number of likely N-dealkylation sites (N-methyl/N-ethyl adjacent to an activating group) is 1. The molecule has 4 N–H and O–H groups in total. The summed E-state index contributed by atoms with van der Waals surface area (Å²) in [7, 11) is 1.74. The average Bonchev–Trinajstić information content (AvgIpc) is 3.19. The predicted molar refractivity (Wildman–Crippen MR) is 125 cm³/mol. The topological polar surface area (TPSA) is 115 Å². The third-order valence-electron chi connectivity index (χ3n) is 5.17. The van der Waals surface area contributed by atoms with E-state index in [4.69, 9.17) is 4.74 Å². The molecule has 0 aliphatic rings. The second kappa shape index (κ2) is 11.8. The Hall–Kier alpha value is -2.72. The summed E-state index contributed by atoms with van der Waals surface area (Å²) < 4.78 is 6.12. The van der Waals surface area contributed by atoms with Gasteiger partial charge in [-0.05, 0) is 18.1 Å². The Balaban J connectivity index is 1.33. The van der Waals surface area contributed by atoms with E-state index in [1.54, 1.807) is 18.0 Å². The molecule has 0 radical (unpaired) electrons. The highest BCUT2D eigenvalue weighted by Gasteiger charge is 2.16. The molecule has 9 heteroatoms. The number of aliphatic hydroxyl groups excluding tert-OH is 1. The summed E-state index contributed by atoms with van der Waals surface area (Å²) in [4.78, 5) is 27.7. The molecule has 32 heavy (non-hydrogen) atoms. The highest BCUT2D eigenvalue weighted by atomic mass is 32.1. The van der Waals surface area contributed by atoms with Gasteiger partial charge in [-0.2, -0.15) is 0 Å². The predicted octanol–water partition coefficient (Wildman–Crippen LogP) is 2.03. The SMILES string of the molecule is CN(CCNC[C@H](O)c1ccc(O)c2[nH]c(=O)sc12)C(=O)CCOCCc1ccccc1. The smallest absolute Gasteiger partial charge is 0.305 e. The molecule has 0 fully saturated rings. The van der Waals surface area contributed by atoms with Gasteiger partial charge in [0.25, 0.3) is 0 Å². The second-order valence-corrected chi connectivity index (χ2v) is 8.51. The maximum absolute atomic E-state index is 12.2. The number of carbonyl (C=O) groups is 1. The zero-order valence-electron chi connectivity index (χ0n) is 18.0. The van der Waals surface area contributed by atoms with Gasteiger partial charge in [-0.25, -0.2) is 0 Å². The molecule has 0 bridgehead atoms. The van der Waals surface area contributed by atoms with Crippen molar-refractivity contribution in [2.45, 2.75) is 18.9 Å². The van der Waals surface area contributed by atoms with Crippen LogP contribution < -0.4 is 10.2 Å². The fraction of sp³-hybridized carbons (Fsp3) is 0.391. The number of benzene rings is 2. The van der Waals surface area contributed by atoms with Crippen molar-refractivity contribution in [3.63, 3.8) is 0 Å². The van der Waals surface area contributed by atoms with E-state index in [9.17, 15) is 19.8 Å². The first kappa shape index (κ1) is 23.9. The summed E-state index contributed by atoms with van der Waals surface area (Å²) in [5.41, 5.74) is 2.13. The number of phenols is 1. The van der Waals surface area contributed by atoms with Crippen LogP contribution >= 0.6 is 11.3 Å². The summed E-state index contributed by atoms with van der Waals surface area (Å²) in [6, 6.07) is 13.1. The van der Waals surface area contributed by atoms with Gasteiger partial charge in [0.15, 0.2) is 0 Å². The van der Waals surface area contributed by atoms with Crippen molar-refractivity contribution in [3.05, 3.63) is 63.3 Å². The van der Waals surface area contributed by atoms with Crippen molar-refractivity contribution in [3.8, 4) is 5.75 Å². The second-order valence-electron chi connectivity index (χ2n) is 7.53. The maximum atomic E-state index is 12.2. The zero-order chi connectivity index (χ0) is 22.9. The minimum atomic E-state index is -0.844. The number of nitrogens with zero attached hydrogens (tertiary/aromatic N) is 1. The van der Waals surface area contributed by atoms with Crippen LogP contribution in [-0.2, 0) is 16.0 Å². The lowest BCUT2D eigenvalue weighted by atomic mass is 10.1. The number of hydrogen-bond acceptors (Lipinski definition) is 7. The molecule has 0 saturated heterocycles. The van der Waals surface area contributed by atoms with Crippen LogP contribution in [0.2, 0.25) is 0 Å². The molecule has 0 unspecified atom stereocenters. The van der Waals surface area contributed by atoms with E-state index in [-0.39, 0.29) is 23.1 Å². The number of aromatic amines is 1. The Kier molecular flexibility index (Phi) is 8.81. The van der Waals surface area contributed by atoms with Gasteiger partial charge in [-0.1, -0.05) is 47.7 Å². The first-order chi connectivity index (χ1) is 15.5. The molecule has 1 atom stereocenters. The minimum absolute atomic E-state index is 0.00407. The van der Waals surface area contributed by atoms with Crippen molar-refractivity contribution in [2.75, 3.05) is 39.9 Å². The fourth-order valence-corrected chi connectivity index (χ4v) is 4.23. The monoisotopic (exact) mass is 459 g/mol. The number of rotatable bonds is 12. The third-order valence-corrected chi connectivity index (χ3v) is 6.10. The van der Waals surface area contributed by atoms with E-state index in [0.717, 1.165) is 17.8 Å². The highest BCUT2D eigenvalue weighted by Crippen LogP contribution is 2.31. The van der Waals surface area contributed by atoms with Crippen molar-refractivity contribution in [1.82, 2.24) is 15.2 Å². The number of hydrogen-bond donors (Lipinski definition) is 4. The Bertz CT molecular complexity index is 1070. The summed E-state index contributed by atoms with van der Waals surface area (Å²) >= 11 is 0.955. The summed E-state index contributed by atoms with van der Waals surface area (Å²) in [6.07, 6.45) is 0.305. The van der Waals surface area contributed by atoms with E-state index >= 15 is 0 Å². The van der Waals surface area contributed by atoms with Crippen LogP contribution in [-0.4, -0.2) is 65.9 Å². The van der Waals surface area contributed by atoms with Crippen LogP contribution in [0.3, 0.4) is 0 Å². The van der Waals surface area contributed by atoms with Crippen molar-refractivity contribution < 1.29 is 19.7 Å². The molecule has 1 heterocycles. The Morgan fingerprint density at radius 2 is 2.00 bits per heavy atom. The molecule has 8 nitrogen and oxygen atoms in total. The molecule has 3 rings (SSSR count). The van der Waals surface area contributed by atoms with E-state index < -0.39 is 6.10 Å². The lowest BCUT2D eigenvalue weighted by molar-refractivity contribution is -0.131. The van der Waals surface area contributed by atoms with Gasteiger partial charge in [0.1, 0.15) is 11.3 Å². The Morgan fingerprint density at radius 3 is 2.78 bits per heavy atom. The van der Waals surface area contributed by atoms with Crippen LogP contribution in [0.1, 0.15) is 23.7 Å². The number of nitrogens with one attached hydrogen (secondary N) is 2. The molecule has 0 aliphatic carbocycles. The van der Waals surface area contributed by atoms with Crippen LogP contribution in [0.5, 0.6) is 5.75 Å². The van der Waals surface area contributed by atoms with Gasteiger partial charge >= 0.3 is 4.87 Å². The van der Waals surface area contributed by atoms with Gasteiger partial charge in [0.2, 0.25) is 5.91 Å². The van der Waals surface area contributed by atoms with Crippen molar-refractivity contribution in [2.24, 2.45) is 0 Å². The van der Waals surface area contributed by atoms with Crippen LogP contribution in [0.25, 0.3) is 10.2 Å². The molecule has 3 aromatic rings. The van der Waals surface area contributed by atoms with E-state index in [1.165, 1.54) is 11.6 Å². The number of H-pyrrole nitrogens is 1. The summed E-state index contributed by atoms with van der Waals surface area (Å²) in [5.74, 6) is -0.0177. The number of ether oxygens (including phenoxy) is 1. The Labute approximate surface area is 190 Å². The first-order valence-electron chi connectivity index (χ1n) is 10.5. The molecule has 172 valence electrons. The van der Waals surface area contributed by atoms with Crippen molar-refractivity contribution in [1.29, 1.82) is 0 Å². The van der Waals surface area contributed by atoms with Crippen LogP contribution in [0.4, 0.5) is 0 Å². The normalized spacial score (nSPS) is 12.2. The van der Waals surface area contributed by atoms with Crippen molar-refractivity contribution >= 4 is 27.5 Å². The average molecular weight is 460 g/mol. The largest absolute Gasteiger partial charge is 0.506 e. The zero-order valence-corrected chi connectivity index (χ0v) is 18.9. The van der Waals surface area contributed by atoms with Gasteiger partial charge in [-0.15, -0.1) is 0 Å². The number of fused-ring (bicyclic) bond motifs is 1. The minimum Gasteiger partial charge on any atom is -0.506 e. The van der Waals surface area contributed by atoms with E-state index in [2.05, 4.69) is 22.4 Å². The Morgan fingerprint density at radius 1 is 1.22 bits per heavy atom. The van der Waals surface area contributed by atoms with Gasteiger partial charge in [-0.3, -0.25) is 9.59 Å². The first-order valence-corrected chi connectivity index (χ1v) is 11.4. The molecule has 0 spiro atoms. The fourth-order valence-electron chi connectivity index (χ4n) is 3.31. The summed E-state index contributed by atoms with van der Waals surface area (Å²) in [5, 5.41) is 23.5. The molecule has 0 saturated carbocycles. The quantitative estimate of drug-likeness (QED) is 0.308. The van der Waals surface area contributed by atoms with Crippen LogP contribution in [0.15, 0.2) is 47.3 Å². The number of phenolic OH excluding ortho intramolecular Hbond substituents is 1. The molecule has 2 aromatic carbocycles. The summed E-state index contributed by atoms with van der Waals surface area (Å²) in [6.45, 7) is 2.24. The molecular weight excluding hydrogens is 430 g/mol. The number of carbonyl (C=O) groups excluding carboxylic acids is 1. The number of aromatic nitrogens is 1. The molecule has 0 aliphatic heterocycles. The van der Waals surface area contributed by atoms with E-state index in [1.807, 2.05) is 18.2 Å². The lowest BCUT2D eigenvalue weighted by Crippen LogP contribution is -2.35. The third kappa shape index (κ3) is 6.64. The van der Waals surface area contributed by atoms with Gasteiger partial charge in [0.05, 0.1) is 30.4 Å². The molecule has 1 aromatic heterocycles. The standard InChI is InChI=1S/C23H29N3O5S/c1-26(20(29)10-14-31-13-9-16-5-3-2-4-6-16)12-11-24-15-19(28)17-7-8-18(27)21-22(17)32-23(30)25-21/h2-8,19,24,27-28H,9-15H2,1H3,(H,25,30)/t19-/m0/s1. The van der Waals surface area contributed by atoms with Gasteiger partial charge in [0, 0.05) is 32.2 Å². The number of aromatic hydroxyl groups is 1. The highest BCUT2D eigenvalue weighted by molar-refractivity contribution is 7.16. The maximum Gasteiger partial charge on any atom is 0.305 e. The molecule has 1 amide bonds. The number of thiazole rings is 1. The number of amides is 1. The lowest BCUT2D eigenvalue weighted by Gasteiger charge is -2.19.